The molecule has 0 atom stereocenters. The lowest BCUT2D eigenvalue weighted by atomic mass is 10.3. The van der Waals surface area contributed by atoms with Crippen LogP contribution in [0, 0.1) is 0 Å². The molecule has 0 fully saturated rings. The summed E-state index contributed by atoms with van der Waals surface area (Å²) in [4.78, 5) is 5.22. The second kappa shape index (κ2) is 6.15. The molecule has 2 nitrogen and oxygen atoms in total. The van der Waals surface area contributed by atoms with Gasteiger partial charge in [-0.3, -0.25) is 4.90 Å². The highest BCUT2D eigenvalue weighted by atomic mass is 32.1. The first kappa shape index (κ1) is 11.8. The third-order valence-corrected chi connectivity index (χ3v) is 4.09. The number of nitrogens with zero attached hydrogens (tertiary/aromatic N) is 1. The number of hydrogen-bond donors (Lipinski definition) is 1. The Morgan fingerprint density at radius 3 is 1.94 bits per heavy atom. The zero-order chi connectivity index (χ0) is 11.2. The molecule has 2 rings (SSSR count). The van der Waals surface area contributed by atoms with Crippen molar-refractivity contribution in [3.63, 3.8) is 0 Å². The van der Waals surface area contributed by atoms with Crippen LogP contribution in [0.2, 0.25) is 0 Å². The molecule has 0 aliphatic carbocycles. The maximum Gasteiger partial charge on any atom is 0.0332 e. The van der Waals surface area contributed by atoms with E-state index < -0.39 is 0 Å². The summed E-state index contributed by atoms with van der Waals surface area (Å²) in [5.41, 5.74) is 5.65. The standard InChI is InChI=1S/C12H16N2S2/c13-5-6-14(9-11-3-1-7-15-11)10-12-4-2-8-16-12/h1-4,7-8H,5-6,9-10,13H2. The second-order valence-corrected chi connectivity index (χ2v) is 5.72. The number of hydrogen-bond acceptors (Lipinski definition) is 4. The van der Waals surface area contributed by atoms with Gasteiger partial charge in [0.1, 0.15) is 0 Å². The van der Waals surface area contributed by atoms with Crippen molar-refractivity contribution in [3.8, 4) is 0 Å². The van der Waals surface area contributed by atoms with Crippen LogP contribution in [0.25, 0.3) is 0 Å². The molecule has 0 radical (unpaired) electrons. The Morgan fingerprint density at radius 1 is 1.00 bits per heavy atom. The molecule has 2 aromatic heterocycles. The molecule has 16 heavy (non-hydrogen) atoms. The van der Waals surface area contributed by atoms with Crippen LogP contribution in [0.4, 0.5) is 0 Å². The Morgan fingerprint density at radius 2 is 1.56 bits per heavy atom. The fourth-order valence-electron chi connectivity index (χ4n) is 1.64. The van der Waals surface area contributed by atoms with E-state index in [9.17, 15) is 0 Å². The average molecular weight is 252 g/mol. The van der Waals surface area contributed by atoms with Gasteiger partial charge in [-0.1, -0.05) is 12.1 Å². The highest BCUT2D eigenvalue weighted by Crippen LogP contribution is 2.16. The normalized spacial score (nSPS) is 11.1. The first-order valence-corrected chi connectivity index (χ1v) is 7.11. The SMILES string of the molecule is NCCN(Cc1cccs1)Cc1cccs1. The minimum Gasteiger partial charge on any atom is -0.329 e. The third-order valence-electron chi connectivity index (χ3n) is 2.36. The topological polar surface area (TPSA) is 29.3 Å². The minimum absolute atomic E-state index is 0.719. The van der Waals surface area contributed by atoms with E-state index in [0.29, 0.717) is 0 Å². The summed E-state index contributed by atoms with van der Waals surface area (Å²) in [7, 11) is 0. The van der Waals surface area contributed by atoms with Gasteiger partial charge in [0.05, 0.1) is 0 Å². The van der Waals surface area contributed by atoms with Crippen molar-refractivity contribution in [2.45, 2.75) is 13.1 Å². The van der Waals surface area contributed by atoms with Gasteiger partial charge in [-0.25, -0.2) is 0 Å². The van der Waals surface area contributed by atoms with Gasteiger partial charge >= 0.3 is 0 Å². The molecule has 0 saturated carbocycles. The van der Waals surface area contributed by atoms with Crippen LogP contribution in [0.1, 0.15) is 9.75 Å². The van der Waals surface area contributed by atoms with E-state index in [0.717, 1.165) is 26.2 Å². The molecule has 2 heterocycles. The van der Waals surface area contributed by atoms with E-state index >= 15 is 0 Å². The Balaban J connectivity index is 1.94. The molecule has 0 bridgehead atoms. The third kappa shape index (κ3) is 3.42. The van der Waals surface area contributed by atoms with Crippen LogP contribution >= 0.6 is 22.7 Å². The van der Waals surface area contributed by atoms with Crippen molar-refractivity contribution < 1.29 is 0 Å². The summed E-state index contributed by atoms with van der Waals surface area (Å²) in [5.74, 6) is 0. The lowest BCUT2D eigenvalue weighted by Gasteiger charge is -2.19. The maximum atomic E-state index is 5.65. The maximum absolute atomic E-state index is 5.65. The van der Waals surface area contributed by atoms with Gasteiger partial charge < -0.3 is 5.73 Å². The summed E-state index contributed by atoms with van der Waals surface area (Å²) >= 11 is 3.62. The molecule has 0 spiro atoms. The van der Waals surface area contributed by atoms with E-state index in [4.69, 9.17) is 5.73 Å². The smallest absolute Gasteiger partial charge is 0.0332 e. The van der Waals surface area contributed by atoms with Crippen LogP contribution in [0.3, 0.4) is 0 Å². The summed E-state index contributed by atoms with van der Waals surface area (Å²) < 4.78 is 0. The van der Waals surface area contributed by atoms with Gasteiger partial charge in [-0.15, -0.1) is 22.7 Å². The van der Waals surface area contributed by atoms with E-state index in [1.807, 2.05) is 22.7 Å². The lowest BCUT2D eigenvalue weighted by Crippen LogP contribution is -2.28. The molecule has 2 N–H and O–H groups in total. The summed E-state index contributed by atoms with van der Waals surface area (Å²) in [6, 6.07) is 8.57. The molecular weight excluding hydrogens is 236 g/mol. The van der Waals surface area contributed by atoms with E-state index in [2.05, 4.69) is 39.9 Å². The van der Waals surface area contributed by atoms with Crippen LogP contribution in [0.5, 0.6) is 0 Å². The van der Waals surface area contributed by atoms with E-state index in [1.165, 1.54) is 9.75 Å². The van der Waals surface area contributed by atoms with Crippen LogP contribution < -0.4 is 5.73 Å². The van der Waals surface area contributed by atoms with Gasteiger partial charge in [0.15, 0.2) is 0 Å². The van der Waals surface area contributed by atoms with Crippen LogP contribution in [-0.4, -0.2) is 18.0 Å². The fourth-order valence-corrected chi connectivity index (χ4v) is 3.13. The molecule has 86 valence electrons. The average Bonchev–Trinajstić information content (AvgIpc) is 2.91. The summed E-state index contributed by atoms with van der Waals surface area (Å²) in [6.07, 6.45) is 0. The van der Waals surface area contributed by atoms with Crippen LogP contribution in [-0.2, 0) is 13.1 Å². The second-order valence-electron chi connectivity index (χ2n) is 3.66. The van der Waals surface area contributed by atoms with Gasteiger partial charge in [0.2, 0.25) is 0 Å². The number of nitrogens with two attached hydrogens (primary N) is 1. The molecule has 0 unspecified atom stereocenters. The Bertz CT molecular complexity index is 345. The van der Waals surface area contributed by atoms with Crippen molar-refractivity contribution in [2.24, 2.45) is 5.73 Å². The van der Waals surface area contributed by atoms with Crippen molar-refractivity contribution in [3.05, 3.63) is 44.8 Å². The molecule has 2 aromatic rings. The lowest BCUT2D eigenvalue weighted by molar-refractivity contribution is 0.269. The molecular formula is C12H16N2S2. The zero-order valence-corrected chi connectivity index (χ0v) is 10.8. The molecule has 4 heteroatoms. The quantitative estimate of drug-likeness (QED) is 0.856. The Hall–Kier alpha value is -0.680. The summed E-state index contributed by atoms with van der Waals surface area (Å²) in [5, 5.41) is 4.25. The summed E-state index contributed by atoms with van der Waals surface area (Å²) in [6.45, 7) is 3.69. The van der Waals surface area contributed by atoms with Gasteiger partial charge in [-0.05, 0) is 22.9 Å². The molecule has 0 amide bonds. The monoisotopic (exact) mass is 252 g/mol. The van der Waals surface area contributed by atoms with Crippen molar-refractivity contribution in [1.29, 1.82) is 0 Å². The fraction of sp³-hybridized carbons (Fsp3) is 0.333. The highest BCUT2D eigenvalue weighted by molar-refractivity contribution is 7.10. The van der Waals surface area contributed by atoms with Crippen molar-refractivity contribution >= 4 is 22.7 Å². The van der Waals surface area contributed by atoms with Crippen LogP contribution in [0.15, 0.2) is 35.0 Å². The molecule has 0 saturated heterocycles. The predicted molar refractivity (Wildman–Crippen MR) is 71.8 cm³/mol. The number of thiophene rings is 2. The first-order valence-electron chi connectivity index (χ1n) is 5.35. The van der Waals surface area contributed by atoms with Crippen molar-refractivity contribution in [1.82, 2.24) is 4.90 Å². The molecule has 0 aliphatic rings. The van der Waals surface area contributed by atoms with Gasteiger partial charge in [-0.2, -0.15) is 0 Å². The zero-order valence-electron chi connectivity index (χ0n) is 9.13. The highest BCUT2D eigenvalue weighted by Gasteiger charge is 2.07. The van der Waals surface area contributed by atoms with Gasteiger partial charge in [0, 0.05) is 35.9 Å². The first-order chi connectivity index (χ1) is 7.88. The Kier molecular flexibility index (Phi) is 4.54. The largest absolute Gasteiger partial charge is 0.329 e. The molecule has 0 aromatic carbocycles. The van der Waals surface area contributed by atoms with E-state index in [1.54, 1.807) is 0 Å². The Labute approximate surface area is 104 Å². The minimum atomic E-state index is 0.719. The van der Waals surface area contributed by atoms with Crippen molar-refractivity contribution in [2.75, 3.05) is 13.1 Å². The number of rotatable bonds is 6. The predicted octanol–water partition coefficient (Wildman–Crippen LogP) is 2.77. The van der Waals surface area contributed by atoms with Gasteiger partial charge in [0.25, 0.3) is 0 Å². The molecule has 0 aliphatic heterocycles. The van der Waals surface area contributed by atoms with E-state index in [-0.39, 0.29) is 0 Å².